The van der Waals surface area contributed by atoms with Gasteiger partial charge in [0.1, 0.15) is 0 Å². The zero-order chi connectivity index (χ0) is 15.7. The minimum atomic E-state index is 0.426. The summed E-state index contributed by atoms with van der Waals surface area (Å²) in [5.41, 5.74) is 2.85. The summed E-state index contributed by atoms with van der Waals surface area (Å²) in [7, 11) is 2.07. The van der Waals surface area contributed by atoms with E-state index in [1.807, 2.05) is 0 Å². The molecule has 0 aliphatic rings. The predicted octanol–water partition coefficient (Wildman–Crippen LogP) is 4.27. The Morgan fingerprint density at radius 3 is 2.24 bits per heavy atom. The number of likely N-dealkylation sites (N-methyl/N-ethyl adjacent to an activating group) is 2. The number of benzene rings is 1. The van der Waals surface area contributed by atoms with Crippen LogP contribution in [0.25, 0.3) is 0 Å². The second-order valence-electron chi connectivity index (χ2n) is 6.43. The normalized spacial score (nSPS) is 13.1. The van der Waals surface area contributed by atoms with Gasteiger partial charge in [0, 0.05) is 12.6 Å². The van der Waals surface area contributed by atoms with Gasteiger partial charge in [-0.15, -0.1) is 0 Å². The molecule has 1 aromatic carbocycles. The molecule has 1 N–H and O–H groups in total. The zero-order valence-corrected chi connectivity index (χ0v) is 14.7. The average molecular weight is 290 g/mol. The largest absolute Gasteiger partial charge is 0.312 e. The van der Waals surface area contributed by atoms with Crippen LogP contribution in [0.4, 0.5) is 0 Å². The number of nitrogens with zero attached hydrogens (tertiary/aromatic N) is 1. The number of unbranched alkanes of at least 4 members (excludes halogenated alkanes) is 1. The number of rotatable bonds is 10. The van der Waals surface area contributed by atoms with Crippen molar-refractivity contribution in [2.75, 3.05) is 26.7 Å². The van der Waals surface area contributed by atoms with Crippen LogP contribution in [-0.4, -0.2) is 31.6 Å². The molecule has 1 aromatic rings. The fourth-order valence-corrected chi connectivity index (χ4v) is 2.74. The van der Waals surface area contributed by atoms with E-state index < -0.39 is 0 Å². The minimum Gasteiger partial charge on any atom is -0.312 e. The maximum atomic E-state index is 3.48. The molecule has 0 fully saturated rings. The Kier molecular flexibility index (Phi) is 8.63. The summed E-state index contributed by atoms with van der Waals surface area (Å²) in [5, 5.41) is 3.48. The Balaban J connectivity index is 2.65. The third-order valence-corrected chi connectivity index (χ3v) is 4.09. The van der Waals surface area contributed by atoms with Crippen molar-refractivity contribution in [3.63, 3.8) is 0 Å². The molecule has 0 saturated heterocycles. The Morgan fingerprint density at radius 1 is 1.10 bits per heavy atom. The van der Waals surface area contributed by atoms with Gasteiger partial charge in [-0.05, 0) is 50.0 Å². The first-order chi connectivity index (χ1) is 10.1. The highest BCUT2D eigenvalue weighted by Crippen LogP contribution is 2.17. The number of hydrogen-bond acceptors (Lipinski definition) is 2. The Bertz CT molecular complexity index is 370. The molecule has 0 spiro atoms. The van der Waals surface area contributed by atoms with Crippen LogP contribution < -0.4 is 5.32 Å². The quantitative estimate of drug-likeness (QED) is 0.692. The molecule has 0 aliphatic heterocycles. The molecule has 2 heteroatoms. The predicted molar refractivity (Wildman–Crippen MR) is 93.8 cm³/mol. The molecule has 1 unspecified atom stereocenters. The van der Waals surface area contributed by atoms with Crippen LogP contribution >= 0.6 is 0 Å². The summed E-state index contributed by atoms with van der Waals surface area (Å²) in [6, 6.07) is 9.61. The van der Waals surface area contributed by atoms with Gasteiger partial charge in [-0.2, -0.15) is 0 Å². The molecular formula is C19H34N2. The van der Waals surface area contributed by atoms with Gasteiger partial charge in [0.25, 0.3) is 0 Å². The fourth-order valence-electron chi connectivity index (χ4n) is 2.74. The SMILES string of the molecule is CCCCN(CC)CC(NC)c1ccc(CC(C)C)cc1. The van der Waals surface area contributed by atoms with Crippen molar-refractivity contribution in [2.45, 2.75) is 53.0 Å². The van der Waals surface area contributed by atoms with Crippen molar-refractivity contribution in [3.05, 3.63) is 35.4 Å². The van der Waals surface area contributed by atoms with E-state index in [0.717, 1.165) is 19.0 Å². The maximum absolute atomic E-state index is 3.48. The lowest BCUT2D eigenvalue weighted by molar-refractivity contribution is 0.254. The lowest BCUT2D eigenvalue weighted by Gasteiger charge is -2.26. The van der Waals surface area contributed by atoms with Gasteiger partial charge in [-0.25, -0.2) is 0 Å². The number of hydrogen-bond donors (Lipinski definition) is 1. The molecule has 0 saturated carbocycles. The molecule has 1 atom stereocenters. The van der Waals surface area contributed by atoms with Crippen molar-refractivity contribution in [1.82, 2.24) is 10.2 Å². The van der Waals surface area contributed by atoms with Crippen LogP contribution in [0.15, 0.2) is 24.3 Å². The van der Waals surface area contributed by atoms with Crippen LogP contribution in [0.3, 0.4) is 0 Å². The van der Waals surface area contributed by atoms with Crippen LogP contribution in [0, 0.1) is 5.92 Å². The van der Waals surface area contributed by atoms with E-state index in [4.69, 9.17) is 0 Å². The van der Waals surface area contributed by atoms with Gasteiger partial charge in [0.05, 0.1) is 0 Å². The Hall–Kier alpha value is -0.860. The summed E-state index contributed by atoms with van der Waals surface area (Å²) in [4.78, 5) is 2.55. The highest BCUT2D eigenvalue weighted by atomic mass is 15.1. The van der Waals surface area contributed by atoms with E-state index in [-0.39, 0.29) is 0 Å². The van der Waals surface area contributed by atoms with Crippen molar-refractivity contribution in [2.24, 2.45) is 5.92 Å². The lowest BCUT2D eigenvalue weighted by Crippen LogP contribution is -2.34. The molecule has 0 aromatic heterocycles. The summed E-state index contributed by atoms with van der Waals surface area (Å²) >= 11 is 0. The van der Waals surface area contributed by atoms with E-state index in [1.165, 1.54) is 36.9 Å². The molecule has 1 rings (SSSR count). The van der Waals surface area contributed by atoms with E-state index in [2.05, 4.69) is 69.2 Å². The van der Waals surface area contributed by atoms with Crippen molar-refractivity contribution in [1.29, 1.82) is 0 Å². The van der Waals surface area contributed by atoms with Crippen LogP contribution in [0.2, 0.25) is 0 Å². The van der Waals surface area contributed by atoms with Crippen molar-refractivity contribution in [3.8, 4) is 0 Å². The van der Waals surface area contributed by atoms with Gasteiger partial charge >= 0.3 is 0 Å². The smallest absolute Gasteiger partial charge is 0.0446 e. The third-order valence-electron chi connectivity index (χ3n) is 4.09. The topological polar surface area (TPSA) is 15.3 Å². The summed E-state index contributed by atoms with van der Waals surface area (Å²) in [6.45, 7) is 12.5. The average Bonchev–Trinajstić information content (AvgIpc) is 2.48. The van der Waals surface area contributed by atoms with E-state index >= 15 is 0 Å². The van der Waals surface area contributed by atoms with Crippen LogP contribution in [0.5, 0.6) is 0 Å². The fraction of sp³-hybridized carbons (Fsp3) is 0.684. The first-order valence-corrected chi connectivity index (χ1v) is 8.59. The van der Waals surface area contributed by atoms with Gasteiger partial charge in [-0.1, -0.05) is 58.4 Å². The lowest BCUT2D eigenvalue weighted by atomic mass is 9.99. The minimum absolute atomic E-state index is 0.426. The zero-order valence-electron chi connectivity index (χ0n) is 14.7. The summed E-state index contributed by atoms with van der Waals surface area (Å²) < 4.78 is 0. The second-order valence-corrected chi connectivity index (χ2v) is 6.43. The molecule has 0 amide bonds. The summed E-state index contributed by atoms with van der Waals surface area (Å²) in [5.74, 6) is 0.723. The highest BCUT2D eigenvalue weighted by Gasteiger charge is 2.13. The molecule has 2 nitrogen and oxygen atoms in total. The molecule has 0 bridgehead atoms. The molecular weight excluding hydrogens is 256 g/mol. The van der Waals surface area contributed by atoms with Crippen molar-refractivity contribution >= 4 is 0 Å². The molecule has 0 aliphatic carbocycles. The van der Waals surface area contributed by atoms with E-state index in [0.29, 0.717) is 6.04 Å². The first kappa shape index (κ1) is 18.2. The molecule has 0 radical (unpaired) electrons. The van der Waals surface area contributed by atoms with E-state index in [9.17, 15) is 0 Å². The second kappa shape index (κ2) is 9.97. The summed E-state index contributed by atoms with van der Waals surface area (Å²) in [6.07, 6.45) is 3.73. The third kappa shape index (κ3) is 6.62. The maximum Gasteiger partial charge on any atom is 0.0446 e. The molecule has 0 heterocycles. The monoisotopic (exact) mass is 290 g/mol. The molecule has 120 valence electrons. The van der Waals surface area contributed by atoms with Crippen LogP contribution in [0.1, 0.15) is 57.7 Å². The van der Waals surface area contributed by atoms with Crippen LogP contribution in [-0.2, 0) is 6.42 Å². The number of nitrogens with one attached hydrogen (secondary N) is 1. The highest BCUT2D eigenvalue weighted by molar-refractivity contribution is 5.25. The van der Waals surface area contributed by atoms with Gasteiger partial charge in [-0.3, -0.25) is 0 Å². The first-order valence-electron chi connectivity index (χ1n) is 8.59. The van der Waals surface area contributed by atoms with Crippen molar-refractivity contribution < 1.29 is 0 Å². The van der Waals surface area contributed by atoms with Gasteiger partial charge in [0.15, 0.2) is 0 Å². The van der Waals surface area contributed by atoms with E-state index in [1.54, 1.807) is 0 Å². The van der Waals surface area contributed by atoms with Gasteiger partial charge < -0.3 is 10.2 Å². The standard InChI is InChI=1S/C19H34N2/c1-6-8-13-21(7-2)15-19(20-5)18-11-9-17(10-12-18)14-16(3)4/h9-12,16,19-20H,6-8,13-15H2,1-5H3. The molecule has 21 heavy (non-hydrogen) atoms. The van der Waals surface area contributed by atoms with Gasteiger partial charge in [0.2, 0.25) is 0 Å². The Morgan fingerprint density at radius 2 is 1.76 bits per heavy atom. The Labute approximate surface area is 131 Å².